The van der Waals surface area contributed by atoms with Crippen molar-refractivity contribution in [2.45, 2.75) is 25.9 Å². The number of halogens is 1. The van der Waals surface area contributed by atoms with Crippen LogP contribution in [-0.2, 0) is 16.4 Å². The van der Waals surface area contributed by atoms with Gasteiger partial charge in [0.15, 0.2) is 21.3 Å². The largest absolute Gasteiger partial charge is 0.454 e. The van der Waals surface area contributed by atoms with Crippen LogP contribution in [0.5, 0.6) is 11.5 Å². The molecule has 0 spiro atoms. The highest BCUT2D eigenvalue weighted by Crippen LogP contribution is 2.41. The van der Waals surface area contributed by atoms with Crippen molar-refractivity contribution in [2.24, 2.45) is 0 Å². The van der Waals surface area contributed by atoms with E-state index < -0.39 is 9.84 Å². The number of aryl methyl sites for hydroxylation is 1. The summed E-state index contributed by atoms with van der Waals surface area (Å²) in [5, 5.41) is 0.460. The van der Waals surface area contributed by atoms with Crippen molar-refractivity contribution in [2.75, 3.05) is 24.8 Å². The average Bonchev–Trinajstić information content (AvgIpc) is 3.32. The fourth-order valence-corrected chi connectivity index (χ4v) is 5.53. The lowest BCUT2D eigenvalue weighted by atomic mass is 10.2. The Balaban J connectivity index is 1.60. The van der Waals surface area contributed by atoms with Gasteiger partial charge in [0.25, 0.3) is 0 Å². The first-order chi connectivity index (χ1) is 13.4. The summed E-state index contributed by atoms with van der Waals surface area (Å²) >= 11 is 6.37. The van der Waals surface area contributed by atoms with Crippen LogP contribution < -0.4 is 9.47 Å². The smallest absolute Gasteiger partial charge is 0.231 e. The average molecular weight is 425 g/mol. The maximum Gasteiger partial charge on any atom is 0.231 e. The number of hydrogen-bond acceptors (Lipinski definition) is 7. The Labute approximate surface area is 168 Å². The first-order valence-corrected chi connectivity index (χ1v) is 11.2. The lowest BCUT2D eigenvalue weighted by molar-refractivity contribution is 0.174. The molecule has 2 aliphatic heterocycles. The number of nitrogens with zero attached hydrogens (tertiary/aromatic N) is 2. The summed E-state index contributed by atoms with van der Waals surface area (Å²) < 4.78 is 40.3. The molecular formula is C19H21ClN2O5S. The number of fused-ring (bicyclic) bond motifs is 1. The molecule has 0 bridgehead atoms. The van der Waals surface area contributed by atoms with E-state index in [-0.39, 0.29) is 24.3 Å². The highest BCUT2D eigenvalue weighted by Gasteiger charge is 2.32. The van der Waals surface area contributed by atoms with Crippen LogP contribution in [0.4, 0.5) is 0 Å². The van der Waals surface area contributed by atoms with Crippen molar-refractivity contribution in [3.05, 3.63) is 41.3 Å². The number of benzene rings is 1. The van der Waals surface area contributed by atoms with Crippen LogP contribution in [0.3, 0.4) is 0 Å². The third-order valence-electron chi connectivity index (χ3n) is 5.03. The van der Waals surface area contributed by atoms with Crippen LogP contribution in [0.15, 0.2) is 29.2 Å². The van der Waals surface area contributed by atoms with E-state index in [4.69, 9.17) is 25.5 Å². The third kappa shape index (κ3) is 3.76. The van der Waals surface area contributed by atoms with Crippen molar-refractivity contribution in [1.29, 1.82) is 0 Å². The quantitative estimate of drug-likeness (QED) is 0.658. The zero-order chi connectivity index (χ0) is 19.9. The van der Waals surface area contributed by atoms with Crippen molar-refractivity contribution < 1.29 is 22.3 Å². The molecule has 4 rings (SSSR count). The van der Waals surface area contributed by atoms with E-state index in [0.717, 1.165) is 5.69 Å². The van der Waals surface area contributed by atoms with Crippen LogP contribution in [0.25, 0.3) is 11.5 Å². The molecule has 1 saturated heterocycles. The SMILES string of the molecule is C=CCN(Cc1nc(-c2cc3c(cc2Cl)OCO3)oc1C)C1CCS(=O)(=O)C1. The fraction of sp³-hybridized carbons (Fsp3) is 0.421. The fourth-order valence-electron chi connectivity index (χ4n) is 3.54. The molecule has 1 atom stereocenters. The van der Waals surface area contributed by atoms with E-state index >= 15 is 0 Å². The normalized spacial score (nSPS) is 20.0. The highest BCUT2D eigenvalue weighted by atomic mass is 35.5. The molecule has 1 unspecified atom stereocenters. The van der Waals surface area contributed by atoms with Crippen LogP contribution in [0.1, 0.15) is 17.9 Å². The van der Waals surface area contributed by atoms with Gasteiger partial charge in [0, 0.05) is 25.2 Å². The van der Waals surface area contributed by atoms with Gasteiger partial charge in [-0.25, -0.2) is 13.4 Å². The van der Waals surface area contributed by atoms with E-state index in [0.29, 0.717) is 53.2 Å². The summed E-state index contributed by atoms with van der Waals surface area (Å²) in [6.45, 7) is 6.84. The van der Waals surface area contributed by atoms with Gasteiger partial charge in [-0.15, -0.1) is 6.58 Å². The topological polar surface area (TPSA) is 81.9 Å². The third-order valence-corrected chi connectivity index (χ3v) is 7.09. The first-order valence-electron chi connectivity index (χ1n) is 8.97. The van der Waals surface area contributed by atoms with Gasteiger partial charge < -0.3 is 13.9 Å². The molecule has 0 saturated carbocycles. The Morgan fingerprint density at radius 1 is 1.36 bits per heavy atom. The molecule has 9 heteroatoms. The molecule has 2 aliphatic rings. The van der Waals surface area contributed by atoms with Gasteiger partial charge in [-0.3, -0.25) is 4.90 Å². The van der Waals surface area contributed by atoms with E-state index in [2.05, 4.69) is 16.5 Å². The van der Waals surface area contributed by atoms with E-state index in [1.165, 1.54) is 0 Å². The van der Waals surface area contributed by atoms with Gasteiger partial charge in [0.1, 0.15) is 5.76 Å². The van der Waals surface area contributed by atoms with Crippen LogP contribution in [0.2, 0.25) is 5.02 Å². The number of sulfone groups is 1. The molecule has 150 valence electrons. The van der Waals surface area contributed by atoms with Gasteiger partial charge in [-0.2, -0.15) is 0 Å². The summed E-state index contributed by atoms with van der Waals surface area (Å²) in [6, 6.07) is 3.40. The lowest BCUT2D eigenvalue weighted by Gasteiger charge is -2.25. The Morgan fingerprint density at radius 3 is 2.79 bits per heavy atom. The molecule has 3 heterocycles. The van der Waals surface area contributed by atoms with E-state index in [1.807, 2.05) is 6.92 Å². The van der Waals surface area contributed by atoms with Crippen molar-refractivity contribution in [3.8, 4) is 23.0 Å². The predicted octanol–water partition coefficient (Wildman–Crippen LogP) is 3.21. The minimum Gasteiger partial charge on any atom is -0.454 e. The predicted molar refractivity (Wildman–Crippen MR) is 105 cm³/mol. The zero-order valence-electron chi connectivity index (χ0n) is 15.5. The second-order valence-electron chi connectivity index (χ2n) is 6.98. The molecule has 1 fully saturated rings. The summed E-state index contributed by atoms with van der Waals surface area (Å²) in [6.07, 6.45) is 2.39. The van der Waals surface area contributed by atoms with Crippen molar-refractivity contribution in [1.82, 2.24) is 9.88 Å². The molecule has 0 amide bonds. The van der Waals surface area contributed by atoms with Gasteiger partial charge in [-0.1, -0.05) is 17.7 Å². The summed E-state index contributed by atoms with van der Waals surface area (Å²) in [4.78, 5) is 6.70. The molecule has 2 aromatic rings. The molecule has 0 N–H and O–H groups in total. The Bertz CT molecular complexity index is 1020. The van der Waals surface area contributed by atoms with Crippen LogP contribution in [0, 0.1) is 6.92 Å². The number of hydrogen-bond donors (Lipinski definition) is 0. The molecule has 0 aliphatic carbocycles. The number of ether oxygens (including phenoxy) is 2. The second kappa shape index (κ2) is 7.42. The summed E-state index contributed by atoms with van der Waals surface area (Å²) in [5.41, 5.74) is 1.37. The molecule has 7 nitrogen and oxygen atoms in total. The minimum absolute atomic E-state index is 0.0447. The number of aromatic nitrogens is 1. The minimum atomic E-state index is -2.97. The molecule has 1 aromatic carbocycles. The van der Waals surface area contributed by atoms with E-state index in [1.54, 1.807) is 18.2 Å². The second-order valence-corrected chi connectivity index (χ2v) is 9.62. The van der Waals surface area contributed by atoms with Crippen molar-refractivity contribution in [3.63, 3.8) is 0 Å². The maximum absolute atomic E-state index is 11.9. The maximum atomic E-state index is 11.9. The number of oxazole rings is 1. The van der Waals surface area contributed by atoms with Gasteiger partial charge in [-0.05, 0) is 19.4 Å². The zero-order valence-corrected chi connectivity index (χ0v) is 17.1. The van der Waals surface area contributed by atoms with E-state index in [9.17, 15) is 8.42 Å². The van der Waals surface area contributed by atoms with Gasteiger partial charge >= 0.3 is 0 Å². The molecule has 1 aromatic heterocycles. The molecular weight excluding hydrogens is 404 g/mol. The summed E-state index contributed by atoms with van der Waals surface area (Å²) in [7, 11) is -2.97. The Hall–Kier alpha value is -2.03. The molecule has 0 radical (unpaired) electrons. The highest BCUT2D eigenvalue weighted by molar-refractivity contribution is 7.91. The first kappa shape index (κ1) is 19.3. The Kier molecular flexibility index (Phi) is 5.11. The van der Waals surface area contributed by atoms with Crippen LogP contribution >= 0.6 is 11.6 Å². The molecule has 28 heavy (non-hydrogen) atoms. The Morgan fingerprint density at radius 2 is 2.11 bits per heavy atom. The van der Waals surface area contributed by atoms with Crippen molar-refractivity contribution >= 4 is 21.4 Å². The van der Waals surface area contributed by atoms with Crippen LogP contribution in [-0.4, -0.2) is 49.2 Å². The van der Waals surface area contributed by atoms with Gasteiger partial charge in [0.05, 0.1) is 27.8 Å². The van der Waals surface area contributed by atoms with Gasteiger partial charge in [0.2, 0.25) is 12.7 Å². The number of rotatable bonds is 6. The summed E-state index contributed by atoms with van der Waals surface area (Å²) in [5.74, 6) is 2.64. The standard InChI is InChI=1S/C19H21ClN2O5S/c1-3-5-22(13-4-6-28(23,24)10-13)9-16-12(2)27-19(21-16)14-7-17-18(8-15(14)20)26-11-25-17/h3,7-8,13H,1,4-6,9-11H2,2H3. The monoisotopic (exact) mass is 424 g/mol. The lowest BCUT2D eigenvalue weighted by Crippen LogP contribution is -2.36.